The topological polar surface area (TPSA) is 12.0 Å². The Hall–Kier alpha value is -0.0400. The number of hydrogen-bond donors (Lipinski definition) is 1. The minimum Gasteiger partial charge on any atom is -0.314 e. The summed E-state index contributed by atoms with van der Waals surface area (Å²) < 4.78 is 0. The molecule has 0 spiro atoms. The lowest BCUT2D eigenvalue weighted by Crippen LogP contribution is -2.33. The minimum absolute atomic E-state index is 0.726. The first-order valence-electron chi connectivity index (χ1n) is 5.81. The first-order valence-corrected chi connectivity index (χ1v) is 5.81. The van der Waals surface area contributed by atoms with Crippen molar-refractivity contribution in [1.82, 2.24) is 5.32 Å². The summed E-state index contributed by atoms with van der Waals surface area (Å²) >= 11 is 0. The van der Waals surface area contributed by atoms with E-state index in [1.807, 2.05) is 0 Å². The van der Waals surface area contributed by atoms with Gasteiger partial charge in [0.15, 0.2) is 0 Å². The molecule has 0 aliphatic heterocycles. The molecule has 0 saturated carbocycles. The molecule has 0 amide bonds. The van der Waals surface area contributed by atoms with Crippen LogP contribution in [0.5, 0.6) is 0 Å². The highest BCUT2D eigenvalue weighted by Gasteiger charge is 2.11. The molecule has 0 aromatic heterocycles. The van der Waals surface area contributed by atoms with E-state index in [0.717, 1.165) is 24.4 Å². The van der Waals surface area contributed by atoms with E-state index in [1.165, 1.54) is 19.3 Å². The molecule has 0 aromatic carbocycles. The Morgan fingerprint density at radius 1 is 1.00 bits per heavy atom. The highest BCUT2D eigenvalue weighted by molar-refractivity contribution is 4.69. The zero-order valence-corrected chi connectivity index (χ0v) is 10.1. The summed E-state index contributed by atoms with van der Waals surface area (Å²) in [6.07, 6.45) is 4.08. The number of nitrogens with one attached hydrogen (secondary N) is 1. The predicted molar refractivity (Wildman–Crippen MR) is 61.0 cm³/mol. The van der Waals surface area contributed by atoms with Gasteiger partial charge in [0.1, 0.15) is 0 Å². The van der Waals surface area contributed by atoms with Crippen LogP contribution in [0.1, 0.15) is 53.9 Å². The molecule has 1 unspecified atom stereocenters. The quantitative estimate of drug-likeness (QED) is 0.640. The van der Waals surface area contributed by atoms with E-state index < -0.39 is 0 Å². The van der Waals surface area contributed by atoms with Crippen LogP contribution in [0.4, 0.5) is 0 Å². The molecule has 0 heterocycles. The van der Waals surface area contributed by atoms with Crippen LogP contribution in [-0.2, 0) is 0 Å². The molecule has 0 saturated heterocycles. The van der Waals surface area contributed by atoms with Crippen molar-refractivity contribution in [3.05, 3.63) is 0 Å². The van der Waals surface area contributed by atoms with Crippen LogP contribution in [0, 0.1) is 11.8 Å². The second kappa shape index (κ2) is 7.37. The Labute approximate surface area is 84.3 Å². The van der Waals surface area contributed by atoms with Crippen molar-refractivity contribution in [2.45, 2.75) is 59.9 Å². The third-order valence-corrected chi connectivity index (χ3v) is 2.57. The van der Waals surface area contributed by atoms with Crippen molar-refractivity contribution in [2.24, 2.45) is 11.8 Å². The summed E-state index contributed by atoms with van der Waals surface area (Å²) in [4.78, 5) is 0. The first kappa shape index (κ1) is 13.0. The molecule has 0 aromatic rings. The van der Waals surface area contributed by atoms with Gasteiger partial charge in [-0.15, -0.1) is 0 Å². The molecule has 1 atom stereocenters. The van der Waals surface area contributed by atoms with Gasteiger partial charge in [-0.05, 0) is 24.8 Å². The number of rotatable bonds is 7. The van der Waals surface area contributed by atoms with Crippen LogP contribution in [0.3, 0.4) is 0 Å². The van der Waals surface area contributed by atoms with E-state index in [2.05, 4.69) is 39.9 Å². The maximum Gasteiger partial charge on any atom is 0.00899 e. The van der Waals surface area contributed by atoms with Crippen LogP contribution in [0.25, 0.3) is 0 Å². The van der Waals surface area contributed by atoms with E-state index in [1.54, 1.807) is 0 Å². The molecule has 1 nitrogen and oxygen atoms in total. The molecule has 80 valence electrons. The van der Waals surface area contributed by atoms with E-state index in [4.69, 9.17) is 0 Å². The lowest BCUT2D eigenvalue weighted by Gasteiger charge is -2.21. The fourth-order valence-electron chi connectivity index (χ4n) is 1.68. The lowest BCUT2D eigenvalue weighted by atomic mass is 9.96. The van der Waals surface area contributed by atoms with Crippen LogP contribution in [0.15, 0.2) is 0 Å². The summed E-state index contributed by atoms with van der Waals surface area (Å²) in [6, 6.07) is 0.726. The summed E-state index contributed by atoms with van der Waals surface area (Å²) in [5, 5.41) is 3.56. The SMILES string of the molecule is CCNC(CCCC(C)C)C(C)C. The molecule has 0 fully saturated rings. The highest BCUT2D eigenvalue weighted by Crippen LogP contribution is 2.13. The molecule has 0 aliphatic rings. The second-order valence-electron chi connectivity index (χ2n) is 4.73. The fraction of sp³-hybridized carbons (Fsp3) is 1.00. The van der Waals surface area contributed by atoms with Crippen LogP contribution >= 0.6 is 0 Å². The van der Waals surface area contributed by atoms with Gasteiger partial charge < -0.3 is 5.32 Å². The van der Waals surface area contributed by atoms with Crippen LogP contribution in [0.2, 0.25) is 0 Å². The van der Waals surface area contributed by atoms with Crippen LogP contribution in [-0.4, -0.2) is 12.6 Å². The molecule has 13 heavy (non-hydrogen) atoms. The van der Waals surface area contributed by atoms with Gasteiger partial charge in [-0.25, -0.2) is 0 Å². The third kappa shape index (κ3) is 7.06. The maximum atomic E-state index is 3.56. The molecular formula is C12H27N. The highest BCUT2D eigenvalue weighted by atomic mass is 14.9. The minimum atomic E-state index is 0.726. The largest absolute Gasteiger partial charge is 0.314 e. The zero-order valence-electron chi connectivity index (χ0n) is 10.1. The average molecular weight is 185 g/mol. The van der Waals surface area contributed by atoms with Gasteiger partial charge in [0.2, 0.25) is 0 Å². The van der Waals surface area contributed by atoms with Crippen molar-refractivity contribution < 1.29 is 0 Å². The molecule has 0 bridgehead atoms. The Balaban J connectivity index is 3.57. The predicted octanol–water partition coefficient (Wildman–Crippen LogP) is 3.45. The van der Waals surface area contributed by atoms with E-state index in [-0.39, 0.29) is 0 Å². The number of hydrogen-bond acceptors (Lipinski definition) is 1. The summed E-state index contributed by atoms with van der Waals surface area (Å²) in [5.74, 6) is 1.63. The molecule has 1 N–H and O–H groups in total. The lowest BCUT2D eigenvalue weighted by molar-refractivity contribution is 0.363. The van der Waals surface area contributed by atoms with Gasteiger partial charge in [-0.2, -0.15) is 0 Å². The zero-order chi connectivity index (χ0) is 10.3. The standard InChI is InChI=1S/C12H27N/c1-6-13-12(11(4)5)9-7-8-10(2)3/h10-13H,6-9H2,1-5H3. The normalized spacial score (nSPS) is 14.1. The van der Waals surface area contributed by atoms with Gasteiger partial charge >= 0.3 is 0 Å². The Bertz CT molecular complexity index is 108. The first-order chi connectivity index (χ1) is 6.07. The fourth-order valence-corrected chi connectivity index (χ4v) is 1.68. The second-order valence-corrected chi connectivity index (χ2v) is 4.73. The van der Waals surface area contributed by atoms with Gasteiger partial charge in [0.05, 0.1) is 0 Å². The van der Waals surface area contributed by atoms with Crippen molar-refractivity contribution in [2.75, 3.05) is 6.54 Å². The molecular weight excluding hydrogens is 158 g/mol. The van der Waals surface area contributed by atoms with Gasteiger partial charge in [-0.1, -0.05) is 47.5 Å². The molecule has 0 aliphatic carbocycles. The third-order valence-electron chi connectivity index (χ3n) is 2.57. The van der Waals surface area contributed by atoms with Crippen molar-refractivity contribution >= 4 is 0 Å². The summed E-state index contributed by atoms with van der Waals surface area (Å²) in [5.41, 5.74) is 0. The van der Waals surface area contributed by atoms with Crippen molar-refractivity contribution in [3.63, 3.8) is 0 Å². The van der Waals surface area contributed by atoms with Gasteiger partial charge in [0.25, 0.3) is 0 Å². The van der Waals surface area contributed by atoms with Gasteiger partial charge in [-0.3, -0.25) is 0 Å². The Morgan fingerprint density at radius 2 is 1.62 bits per heavy atom. The Kier molecular flexibility index (Phi) is 7.35. The van der Waals surface area contributed by atoms with Gasteiger partial charge in [0, 0.05) is 6.04 Å². The van der Waals surface area contributed by atoms with E-state index >= 15 is 0 Å². The maximum absolute atomic E-state index is 3.56. The average Bonchev–Trinajstić information content (AvgIpc) is 2.02. The summed E-state index contributed by atoms with van der Waals surface area (Å²) in [6.45, 7) is 12.5. The molecule has 1 heteroatoms. The molecule has 0 rings (SSSR count). The van der Waals surface area contributed by atoms with Crippen molar-refractivity contribution in [1.29, 1.82) is 0 Å². The van der Waals surface area contributed by atoms with Crippen molar-refractivity contribution in [3.8, 4) is 0 Å². The monoisotopic (exact) mass is 185 g/mol. The molecule has 0 radical (unpaired) electrons. The van der Waals surface area contributed by atoms with Crippen LogP contribution < -0.4 is 5.32 Å². The smallest absolute Gasteiger partial charge is 0.00899 e. The van der Waals surface area contributed by atoms with E-state index in [0.29, 0.717) is 0 Å². The Morgan fingerprint density at radius 3 is 2.00 bits per heavy atom. The summed E-state index contributed by atoms with van der Waals surface area (Å²) in [7, 11) is 0. The van der Waals surface area contributed by atoms with E-state index in [9.17, 15) is 0 Å².